The van der Waals surface area contributed by atoms with Gasteiger partial charge in [-0.2, -0.15) is 4.37 Å². The lowest BCUT2D eigenvalue weighted by atomic mass is 9.96. The van der Waals surface area contributed by atoms with Crippen LogP contribution in [0.2, 0.25) is 0 Å². The van der Waals surface area contributed by atoms with Gasteiger partial charge in [-0.05, 0) is 19.4 Å². The Balaban J connectivity index is 2.79. The van der Waals surface area contributed by atoms with Gasteiger partial charge in [0, 0.05) is 30.0 Å². The SMILES string of the molecule is CCN(CC(C)CN)c1nc(C(C)(C)C)ns1. The van der Waals surface area contributed by atoms with Crippen molar-refractivity contribution in [2.24, 2.45) is 11.7 Å². The van der Waals surface area contributed by atoms with E-state index in [0.717, 1.165) is 24.0 Å². The van der Waals surface area contributed by atoms with E-state index in [1.54, 1.807) is 0 Å². The van der Waals surface area contributed by atoms with Crippen molar-refractivity contribution in [3.05, 3.63) is 5.82 Å². The summed E-state index contributed by atoms with van der Waals surface area (Å²) in [5.74, 6) is 1.41. The molecule has 0 fully saturated rings. The molecule has 0 aliphatic rings. The smallest absolute Gasteiger partial charge is 0.205 e. The average Bonchev–Trinajstić information content (AvgIpc) is 2.74. The molecule has 1 rings (SSSR count). The van der Waals surface area contributed by atoms with Gasteiger partial charge in [0.05, 0.1) is 0 Å². The lowest BCUT2D eigenvalue weighted by Gasteiger charge is -2.22. The maximum Gasteiger partial charge on any atom is 0.205 e. The number of hydrogen-bond acceptors (Lipinski definition) is 5. The van der Waals surface area contributed by atoms with Crippen LogP contribution in [0.3, 0.4) is 0 Å². The summed E-state index contributed by atoms with van der Waals surface area (Å²) in [5.41, 5.74) is 5.69. The van der Waals surface area contributed by atoms with E-state index in [-0.39, 0.29) is 5.41 Å². The molecule has 0 amide bonds. The zero-order valence-electron chi connectivity index (χ0n) is 11.5. The molecule has 0 aromatic carbocycles. The standard InChI is InChI=1S/C12H24N4S/c1-6-16(8-9(2)7-13)11-14-10(15-17-11)12(3,4)5/h9H,6-8,13H2,1-5H3. The summed E-state index contributed by atoms with van der Waals surface area (Å²) in [5, 5.41) is 1.01. The minimum absolute atomic E-state index is 0.0215. The summed E-state index contributed by atoms with van der Waals surface area (Å²) < 4.78 is 4.45. The second-order valence-corrected chi connectivity index (χ2v) is 6.26. The van der Waals surface area contributed by atoms with Crippen LogP contribution in [0, 0.1) is 5.92 Å². The van der Waals surface area contributed by atoms with Gasteiger partial charge in [-0.15, -0.1) is 0 Å². The molecule has 1 unspecified atom stereocenters. The zero-order valence-corrected chi connectivity index (χ0v) is 12.3. The molecular formula is C12H24N4S. The highest BCUT2D eigenvalue weighted by atomic mass is 32.1. The van der Waals surface area contributed by atoms with Crippen LogP contribution >= 0.6 is 11.5 Å². The fraction of sp³-hybridized carbons (Fsp3) is 0.833. The molecule has 0 saturated heterocycles. The average molecular weight is 256 g/mol. The van der Waals surface area contributed by atoms with Crippen molar-refractivity contribution in [1.82, 2.24) is 9.36 Å². The van der Waals surface area contributed by atoms with Crippen LogP contribution in [0.25, 0.3) is 0 Å². The van der Waals surface area contributed by atoms with Crippen molar-refractivity contribution in [1.29, 1.82) is 0 Å². The van der Waals surface area contributed by atoms with E-state index in [4.69, 9.17) is 5.73 Å². The molecule has 0 aliphatic carbocycles. The van der Waals surface area contributed by atoms with Gasteiger partial charge >= 0.3 is 0 Å². The Labute approximate surface area is 108 Å². The number of nitrogens with two attached hydrogens (primary N) is 1. The van der Waals surface area contributed by atoms with E-state index in [0.29, 0.717) is 12.5 Å². The topological polar surface area (TPSA) is 55.0 Å². The molecule has 5 heteroatoms. The van der Waals surface area contributed by atoms with Crippen LogP contribution in [0.5, 0.6) is 0 Å². The van der Waals surface area contributed by atoms with E-state index < -0.39 is 0 Å². The lowest BCUT2D eigenvalue weighted by Crippen LogP contribution is -2.31. The van der Waals surface area contributed by atoms with E-state index in [1.165, 1.54) is 11.5 Å². The molecule has 0 radical (unpaired) electrons. The Bertz CT molecular complexity index is 343. The third-order valence-electron chi connectivity index (χ3n) is 2.67. The van der Waals surface area contributed by atoms with Gasteiger partial charge < -0.3 is 10.6 Å². The molecule has 1 atom stereocenters. The molecule has 1 heterocycles. The molecule has 0 aliphatic heterocycles. The van der Waals surface area contributed by atoms with Crippen molar-refractivity contribution in [2.75, 3.05) is 24.5 Å². The Morgan fingerprint density at radius 3 is 2.47 bits per heavy atom. The molecular weight excluding hydrogens is 232 g/mol. The van der Waals surface area contributed by atoms with E-state index in [9.17, 15) is 0 Å². The highest BCUT2D eigenvalue weighted by Gasteiger charge is 2.21. The Morgan fingerprint density at radius 2 is 2.06 bits per heavy atom. The van der Waals surface area contributed by atoms with Crippen LogP contribution in [0.4, 0.5) is 5.13 Å². The van der Waals surface area contributed by atoms with E-state index >= 15 is 0 Å². The highest BCUT2D eigenvalue weighted by Crippen LogP contribution is 2.25. The summed E-state index contributed by atoms with van der Waals surface area (Å²) in [6, 6.07) is 0. The third-order valence-corrected chi connectivity index (χ3v) is 3.45. The molecule has 17 heavy (non-hydrogen) atoms. The van der Waals surface area contributed by atoms with Gasteiger partial charge in [-0.1, -0.05) is 27.7 Å². The maximum absolute atomic E-state index is 5.67. The van der Waals surface area contributed by atoms with Crippen LogP contribution in [-0.4, -0.2) is 29.0 Å². The molecule has 1 aromatic heterocycles. The summed E-state index contributed by atoms with van der Waals surface area (Å²) in [7, 11) is 0. The highest BCUT2D eigenvalue weighted by molar-refractivity contribution is 7.09. The largest absolute Gasteiger partial charge is 0.347 e. The van der Waals surface area contributed by atoms with Crippen molar-refractivity contribution >= 4 is 16.7 Å². The van der Waals surface area contributed by atoms with Gasteiger partial charge in [0.2, 0.25) is 5.13 Å². The predicted molar refractivity (Wildman–Crippen MR) is 74.7 cm³/mol. The van der Waals surface area contributed by atoms with Crippen LogP contribution < -0.4 is 10.6 Å². The quantitative estimate of drug-likeness (QED) is 0.878. The lowest BCUT2D eigenvalue weighted by molar-refractivity contribution is 0.549. The number of anilines is 1. The Hall–Kier alpha value is -0.680. The van der Waals surface area contributed by atoms with Crippen molar-refractivity contribution in [2.45, 2.75) is 40.0 Å². The summed E-state index contributed by atoms with van der Waals surface area (Å²) >= 11 is 1.49. The first-order valence-electron chi connectivity index (χ1n) is 6.17. The minimum Gasteiger partial charge on any atom is -0.347 e. The van der Waals surface area contributed by atoms with Crippen molar-refractivity contribution < 1.29 is 0 Å². The minimum atomic E-state index is 0.0215. The molecule has 0 saturated carbocycles. The first-order valence-corrected chi connectivity index (χ1v) is 6.95. The molecule has 0 spiro atoms. The number of rotatable bonds is 5. The van der Waals surface area contributed by atoms with Crippen LogP contribution in [0.15, 0.2) is 0 Å². The number of hydrogen-bond donors (Lipinski definition) is 1. The van der Waals surface area contributed by atoms with Gasteiger partial charge in [-0.25, -0.2) is 4.98 Å². The number of aromatic nitrogens is 2. The van der Waals surface area contributed by atoms with Crippen LogP contribution in [-0.2, 0) is 5.41 Å². The second kappa shape index (κ2) is 5.78. The maximum atomic E-state index is 5.67. The first kappa shape index (κ1) is 14.4. The molecule has 2 N–H and O–H groups in total. The van der Waals surface area contributed by atoms with Crippen LogP contribution in [0.1, 0.15) is 40.4 Å². The molecule has 1 aromatic rings. The van der Waals surface area contributed by atoms with Gasteiger partial charge in [0.1, 0.15) is 5.82 Å². The Kier molecular flexibility index (Phi) is 4.89. The Morgan fingerprint density at radius 1 is 1.41 bits per heavy atom. The number of nitrogens with zero attached hydrogens (tertiary/aromatic N) is 3. The monoisotopic (exact) mass is 256 g/mol. The van der Waals surface area contributed by atoms with Gasteiger partial charge in [0.25, 0.3) is 0 Å². The third kappa shape index (κ3) is 3.92. The summed E-state index contributed by atoms with van der Waals surface area (Å²) in [6.07, 6.45) is 0. The van der Waals surface area contributed by atoms with Crippen molar-refractivity contribution in [3.63, 3.8) is 0 Å². The molecule has 0 bridgehead atoms. The fourth-order valence-electron chi connectivity index (χ4n) is 1.44. The molecule has 4 nitrogen and oxygen atoms in total. The van der Waals surface area contributed by atoms with E-state index in [1.807, 2.05) is 0 Å². The zero-order chi connectivity index (χ0) is 13.1. The van der Waals surface area contributed by atoms with Gasteiger partial charge in [-0.3, -0.25) is 0 Å². The fourth-order valence-corrected chi connectivity index (χ4v) is 2.37. The summed E-state index contributed by atoms with van der Waals surface area (Å²) in [6.45, 7) is 13.3. The normalized spacial score (nSPS) is 13.8. The summed E-state index contributed by atoms with van der Waals surface area (Å²) in [4.78, 5) is 6.89. The molecule has 98 valence electrons. The van der Waals surface area contributed by atoms with E-state index in [2.05, 4.69) is 48.9 Å². The second-order valence-electron chi connectivity index (χ2n) is 5.53. The van der Waals surface area contributed by atoms with Crippen molar-refractivity contribution in [3.8, 4) is 0 Å². The predicted octanol–water partition coefficient (Wildman–Crippen LogP) is 2.26. The van der Waals surface area contributed by atoms with Gasteiger partial charge in [0.15, 0.2) is 0 Å². The first-order chi connectivity index (χ1) is 7.88.